The van der Waals surface area contributed by atoms with Gasteiger partial charge in [-0.1, -0.05) is 15.9 Å². The molecule has 2 aromatic rings. The van der Waals surface area contributed by atoms with Crippen LogP contribution < -0.4 is 10.2 Å². The third-order valence-electron chi connectivity index (χ3n) is 3.15. The summed E-state index contributed by atoms with van der Waals surface area (Å²) in [6.45, 7) is 6.18. The molecule has 1 aromatic heterocycles. The summed E-state index contributed by atoms with van der Waals surface area (Å²) in [5.74, 6) is 0.989. The topological polar surface area (TPSA) is 44.0 Å². The summed E-state index contributed by atoms with van der Waals surface area (Å²) < 4.78 is 1.10. The molecule has 0 saturated carbocycles. The monoisotopic (exact) mass is 294 g/mol. The lowest BCUT2D eigenvalue weighted by molar-refractivity contribution is 0.582. The van der Waals surface area contributed by atoms with E-state index in [0.29, 0.717) is 0 Å². The van der Waals surface area contributed by atoms with Crippen LogP contribution in [-0.4, -0.2) is 36.1 Å². The maximum Gasteiger partial charge on any atom is 0.203 e. The van der Waals surface area contributed by atoms with Crippen LogP contribution in [0.5, 0.6) is 0 Å². The third-order valence-corrected chi connectivity index (χ3v) is 3.60. The van der Waals surface area contributed by atoms with Gasteiger partial charge in [0.25, 0.3) is 0 Å². The number of nitrogens with one attached hydrogen (secondary N) is 2. The molecule has 4 nitrogen and oxygen atoms in total. The van der Waals surface area contributed by atoms with Crippen LogP contribution in [0.4, 0.5) is 5.95 Å². The van der Waals surface area contributed by atoms with E-state index in [0.717, 1.165) is 47.6 Å². The van der Waals surface area contributed by atoms with E-state index < -0.39 is 0 Å². The Morgan fingerprint density at radius 3 is 2.82 bits per heavy atom. The maximum atomic E-state index is 4.70. The second-order valence-electron chi connectivity index (χ2n) is 4.42. The SMILES string of the molecule is Cc1cc(Br)cc2[nH]c(N3CCNCC3)nc12. The highest BCUT2D eigenvalue weighted by Crippen LogP contribution is 2.24. The number of fused-ring (bicyclic) bond motifs is 1. The van der Waals surface area contributed by atoms with Crippen LogP contribution in [0.3, 0.4) is 0 Å². The van der Waals surface area contributed by atoms with Crippen molar-refractivity contribution in [2.24, 2.45) is 0 Å². The van der Waals surface area contributed by atoms with Crippen molar-refractivity contribution < 1.29 is 0 Å². The number of hydrogen-bond acceptors (Lipinski definition) is 3. The molecule has 0 atom stereocenters. The Hall–Kier alpha value is -1.07. The molecule has 0 radical (unpaired) electrons. The van der Waals surface area contributed by atoms with E-state index in [2.05, 4.69) is 50.2 Å². The molecular weight excluding hydrogens is 280 g/mol. The quantitative estimate of drug-likeness (QED) is 0.846. The van der Waals surface area contributed by atoms with Crippen LogP contribution >= 0.6 is 15.9 Å². The summed E-state index contributed by atoms with van der Waals surface area (Å²) in [5.41, 5.74) is 3.37. The fraction of sp³-hybridized carbons (Fsp3) is 0.417. The summed E-state index contributed by atoms with van der Waals surface area (Å²) in [5, 5.41) is 3.35. The van der Waals surface area contributed by atoms with Gasteiger partial charge in [0.05, 0.1) is 11.0 Å². The predicted octanol–water partition coefficient (Wildman–Crippen LogP) is 2.04. The van der Waals surface area contributed by atoms with Crippen LogP contribution in [0.1, 0.15) is 5.56 Å². The Morgan fingerprint density at radius 2 is 2.06 bits per heavy atom. The van der Waals surface area contributed by atoms with E-state index >= 15 is 0 Å². The second kappa shape index (κ2) is 4.31. The Kier molecular flexibility index (Phi) is 2.80. The smallest absolute Gasteiger partial charge is 0.203 e. The van der Waals surface area contributed by atoms with Gasteiger partial charge >= 0.3 is 0 Å². The Balaban J connectivity index is 2.03. The number of aromatic amines is 1. The van der Waals surface area contributed by atoms with E-state index in [1.807, 2.05) is 0 Å². The molecule has 1 aliphatic heterocycles. The Bertz CT molecular complexity index is 543. The van der Waals surface area contributed by atoms with Gasteiger partial charge in [-0.15, -0.1) is 0 Å². The largest absolute Gasteiger partial charge is 0.340 e. The number of anilines is 1. The summed E-state index contributed by atoms with van der Waals surface area (Å²) in [4.78, 5) is 10.4. The average molecular weight is 295 g/mol. The molecule has 5 heteroatoms. The lowest BCUT2D eigenvalue weighted by atomic mass is 10.2. The van der Waals surface area contributed by atoms with Crippen LogP contribution in [0, 0.1) is 6.92 Å². The van der Waals surface area contributed by atoms with Crippen molar-refractivity contribution in [3.63, 3.8) is 0 Å². The molecule has 0 bridgehead atoms. The normalized spacial score (nSPS) is 16.7. The lowest BCUT2D eigenvalue weighted by Gasteiger charge is -2.26. The molecule has 1 aromatic carbocycles. The number of aromatic nitrogens is 2. The first-order valence-electron chi connectivity index (χ1n) is 5.85. The molecule has 1 saturated heterocycles. The number of H-pyrrole nitrogens is 1. The minimum atomic E-state index is 0.989. The first-order chi connectivity index (χ1) is 8.24. The predicted molar refractivity (Wildman–Crippen MR) is 73.6 cm³/mol. The highest BCUT2D eigenvalue weighted by molar-refractivity contribution is 9.10. The van der Waals surface area contributed by atoms with Gasteiger partial charge in [0, 0.05) is 30.7 Å². The Morgan fingerprint density at radius 1 is 1.29 bits per heavy atom. The van der Waals surface area contributed by atoms with Crippen LogP contribution in [0.15, 0.2) is 16.6 Å². The first kappa shape index (κ1) is 11.0. The summed E-state index contributed by atoms with van der Waals surface area (Å²) >= 11 is 3.52. The highest BCUT2D eigenvalue weighted by atomic mass is 79.9. The minimum Gasteiger partial charge on any atom is -0.340 e. The fourth-order valence-corrected chi connectivity index (χ4v) is 2.83. The molecule has 0 amide bonds. The second-order valence-corrected chi connectivity index (χ2v) is 5.33. The van der Waals surface area contributed by atoms with Gasteiger partial charge in [0.1, 0.15) is 0 Å². The van der Waals surface area contributed by atoms with Gasteiger partial charge in [-0.05, 0) is 24.6 Å². The van der Waals surface area contributed by atoms with Gasteiger partial charge < -0.3 is 15.2 Å². The summed E-state index contributed by atoms with van der Waals surface area (Å²) in [6.07, 6.45) is 0. The molecule has 0 unspecified atom stereocenters. The number of halogens is 1. The number of nitrogens with zero attached hydrogens (tertiary/aromatic N) is 2. The van der Waals surface area contributed by atoms with Crippen LogP contribution in [0.2, 0.25) is 0 Å². The van der Waals surface area contributed by atoms with Crippen molar-refractivity contribution in [2.75, 3.05) is 31.1 Å². The van der Waals surface area contributed by atoms with E-state index in [4.69, 9.17) is 4.98 Å². The molecule has 17 heavy (non-hydrogen) atoms. The van der Waals surface area contributed by atoms with Gasteiger partial charge in [-0.2, -0.15) is 0 Å². The summed E-state index contributed by atoms with van der Waals surface area (Å²) in [6, 6.07) is 4.19. The molecular formula is C12H15BrN4. The molecule has 0 spiro atoms. The number of piperazine rings is 1. The van der Waals surface area contributed by atoms with Crippen molar-refractivity contribution in [3.8, 4) is 0 Å². The number of rotatable bonds is 1. The van der Waals surface area contributed by atoms with Crippen molar-refractivity contribution >= 4 is 32.9 Å². The first-order valence-corrected chi connectivity index (χ1v) is 6.65. The molecule has 3 rings (SSSR count). The number of hydrogen-bond donors (Lipinski definition) is 2. The van der Waals surface area contributed by atoms with Crippen LogP contribution in [-0.2, 0) is 0 Å². The highest BCUT2D eigenvalue weighted by Gasteiger charge is 2.15. The van der Waals surface area contributed by atoms with Gasteiger partial charge in [-0.3, -0.25) is 0 Å². The zero-order chi connectivity index (χ0) is 11.8. The van der Waals surface area contributed by atoms with E-state index in [1.165, 1.54) is 5.56 Å². The van der Waals surface area contributed by atoms with Crippen molar-refractivity contribution in [3.05, 3.63) is 22.2 Å². The van der Waals surface area contributed by atoms with Gasteiger partial charge in [0.2, 0.25) is 5.95 Å². The minimum absolute atomic E-state index is 0.989. The summed E-state index contributed by atoms with van der Waals surface area (Å²) in [7, 11) is 0. The number of imidazole rings is 1. The zero-order valence-corrected chi connectivity index (χ0v) is 11.3. The molecule has 1 fully saturated rings. The molecule has 2 heterocycles. The van der Waals surface area contributed by atoms with Crippen LogP contribution in [0.25, 0.3) is 11.0 Å². The number of aryl methyl sites for hydroxylation is 1. The lowest BCUT2D eigenvalue weighted by Crippen LogP contribution is -2.44. The number of benzene rings is 1. The van der Waals surface area contributed by atoms with Gasteiger partial charge in [0.15, 0.2) is 0 Å². The zero-order valence-electron chi connectivity index (χ0n) is 9.76. The van der Waals surface area contributed by atoms with Crippen molar-refractivity contribution in [1.29, 1.82) is 0 Å². The third kappa shape index (κ3) is 2.05. The fourth-order valence-electron chi connectivity index (χ4n) is 2.26. The van der Waals surface area contributed by atoms with Gasteiger partial charge in [-0.25, -0.2) is 4.98 Å². The standard InChI is InChI=1S/C12H15BrN4/c1-8-6-9(13)7-10-11(8)16-12(15-10)17-4-2-14-3-5-17/h6-7,14H,2-5H2,1H3,(H,15,16). The van der Waals surface area contributed by atoms with E-state index in [-0.39, 0.29) is 0 Å². The van der Waals surface area contributed by atoms with E-state index in [1.54, 1.807) is 0 Å². The molecule has 0 aliphatic carbocycles. The molecule has 2 N–H and O–H groups in total. The maximum absolute atomic E-state index is 4.70. The van der Waals surface area contributed by atoms with E-state index in [9.17, 15) is 0 Å². The molecule has 90 valence electrons. The Labute approximate surface area is 109 Å². The van der Waals surface area contributed by atoms with Crippen molar-refractivity contribution in [2.45, 2.75) is 6.92 Å². The average Bonchev–Trinajstić information content (AvgIpc) is 2.74. The van der Waals surface area contributed by atoms with Crippen molar-refractivity contribution in [1.82, 2.24) is 15.3 Å². The molecule has 1 aliphatic rings.